The smallest absolute Gasteiger partial charge is 0.0665 e. The SMILES string of the molecule is CCCCCCCCCCCCCCC/C=C/CCCc1ccccc1N=CC(CCCC)=Nc1ccccc1CCC/C=C/CCCCCCCCCCCCCCC.[Ni]. The topological polar surface area (TPSA) is 24.7 Å². The van der Waals surface area contributed by atoms with Crippen LogP contribution in [0.1, 0.15) is 257 Å². The minimum atomic E-state index is 0. The van der Waals surface area contributed by atoms with Crippen molar-refractivity contribution in [3.05, 3.63) is 84.0 Å². The number of aryl methyl sites for hydroxylation is 2. The van der Waals surface area contributed by atoms with Crippen molar-refractivity contribution in [1.82, 2.24) is 0 Å². The Morgan fingerprint density at radius 2 is 0.705 bits per heavy atom. The fourth-order valence-corrected chi connectivity index (χ4v) is 8.34. The van der Waals surface area contributed by atoms with Gasteiger partial charge in [-0.2, -0.15) is 0 Å². The van der Waals surface area contributed by atoms with Gasteiger partial charge in [-0.3, -0.25) is 9.98 Å². The molecule has 2 aromatic carbocycles. The second kappa shape index (κ2) is 44.4. The summed E-state index contributed by atoms with van der Waals surface area (Å²) < 4.78 is 0. The van der Waals surface area contributed by atoms with Gasteiger partial charge in [0, 0.05) is 22.7 Å². The van der Waals surface area contributed by atoms with E-state index < -0.39 is 0 Å². The second-order valence-electron chi connectivity index (χ2n) is 18.0. The normalized spacial score (nSPS) is 12.1. The number of para-hydroxylation sites is 2. The monoisotopic (exact) mass is 879 g/mol. The maximum Gasteiger partial charge on any atom is 0.0665 e. The van der Waals surface area contributed by atoms with Crippen LogP contribution in [0.3, 0.4) is 0 Å². The van der Waals surface area contributed by atoms with Gasteiger partial charge in [0.25, 0.3) is 0 Å². The molecule has 0 radical (unpaired) electrons. The Balaban J connectivity index is 0.0000186. The van der Waals surface area contributed by atoms with E-state index >= 15 is 0 Å². The maximum atomic E-state index is 5.23. The van der Waals surface area contributed by atoms with Gasteiger partial charge in [0.1, 0.15) is 0 Å². The van der Waals surface area contributed by atoms with Gasteiger partial charge in [-0.05, 0) is 100 Å². The van der Waals surface area contributed by atoms with E-state index in [9.17, 15) is 0 Å². The van der Waals surface area contributed by atoms with Crippen molar-refractivity contribution in [2.24, 2.45) is 9.98 Å². The van der Waals surface area contributed by atoms with Gasteiger partial charge in [0.05, 0.1) is 17.1 Å². The molecule has 2 rings (SSSR count). The van der Waals surface area contributed by atoms with Gasteiger partial charge in [-0.1, -0.05) is 242 Å². The van der Waals surface area contributed by atoms with E-state index in [1.807, 2.05) is 0 Å². The van der Waals surface area contributed by atoms with Crippen molar-refractivity contribution < 1.29 is 16.5 Å². The third-order valence-electron chi connectivity index (χ3n) is 12.3. The van der Waals surface area contributed by atoms with Crippen LogP contribution in [0.4, 0.5) is 11.4 Å². The summed E-state index contributed by atoms with van der Waals surface area (Å²) >= 11 is 0. The van der Waals surface area contributed by atoms with E-state index in [1.165, 1.54) is 204 Å². The largest absolute Gasteiger partial charge is 0.255 e. The van der Waals surface area contributed by atoms with Crippen LogP contribution in [0, 0.1) is 0 Å². The van der Waals surface area contributed by atoms with Crippen molar-refractivity contribution in [3.8, 4) is 0 Å². The van der Waals surface area contributed by atoms with Gasteiger partial charge < -0.3 is 0 Å². The van der Waals surface area contributed by atoms with Crippen LogP contribution in [-0.2, 0) is 29.3 Å². The number of allylic oxidation sites excluding steroid dienone is 4. The Kier molecular flexibility index (Phi) is 41.3. The van der Waals surface area contributed by atoms with Crippen molar-refractivity contribution in [1.29, 1.82) is 0 Å². The first kappa shape index (κ1) is 56.8. The van der Waals surface area contributed by atoms with E-state index in [0.29, 0.717) is 0 Å². The minimum absolute atomic E-state index is 0. The molecule has 2 nitrogen and oxygen atoms in total. The molecule has 3 heteroatoms. The molecule has 0 aromatic heterocycles. The molecule has 0 saturated carbocycles. The zero-order valence-corrected chi connectivity index (χ0v) is 41.4. The predicted molar refractivity (Wildman–Crippen MR) is 272 cm³/mol. The summed E-state index contributed by atoms with van der Waals surface area (Å²) in [6, 6.07) is 17.5. The number of hydrogen-bond donors (Lipinski definition) is 0. The molecule has 0 bridgehead atoms. The van der Waals surface area contributed by atoms with Crippen molar-refractivity contribution in [2.45, 2.75) is 258 Å². The average Bonchev–Trinajstić information content (AvgIpc) is 3.27. The molecule has 61 heavy (non-hydrogen) atoms. The van der Waals surface area contributed by atoms with Crippen LogP contribution in [-0.4, -0.2) is 11.9 Å². The molecule has 0 fully saturated rings. The van der Waals surface area contributed by atoms with Gasteiger partial charge in [0.15, 0.2) is 0 Å². The summed E-state index contributed by atoms with van der Waals surface area (Å²) in [6.45, 7) is 6.87. The summed E-state index contributed by atoms with van der Waals surface area (Å²) in [6.07, 6.45) is 61.2. The van der Waals surface area contributed by atoms with Crippen molar-refractivity contribution in [3.63, 3.8) is 0 Å². The molecule has 0 aliphatic carbocycles. The van der Waals surface area contributed by atoms with Crippen molar-refractivity contribution >= 4 is 23.3 Å². The standard InChI is InChI=1S/C58H96N2.Ni/c1-4-7-10-12-14-16-18-20-22-24-26-28-30-32-34-36-38-40-46-54-48-42-44-51-57(54)59-53-56(50-9-6-3)60-58-52-45-43-49-55(58)47-41-39-37-35-33-31-29-27-25-23-21-19-17-15-13-11-8-5-2;/h34-37,42-45,48-49,51-53H,4-33,38-41,46-47,50H2,1-3H3;/b36-34+,37-35+,59-53?,60-56?;. The van der Waals surface area contributed by atoms with E-state index in [2.05, 4.69) is 99.8 Å². The van der Waals surface area contributed by atoms with Crippen LogP contribution in [0.25, 0.3) is 0 Å². The van der Waals surface area contributed by atoms with E-state index in [1.54, 1.807) is 0 Å². The summed E-state index contributed by atoms with van der Waals surface area (Å²) in [5, 5.41) is 0. The first-order valence-electron chi connectivity index (χ1n) is 26.4. The number of unbranched alkanes of at least 4 members (excludes halogenated alkanes) is 29. The zero-order valence-electron chi connectivity index (χ0n) is 40.4. The summed E-state index contributed by atoms with van der Waals surface area (Å²) in [4.78, 5) is 10.3. The van der Waals surface area contributed by atoms with Crippen LogP contribution in [0.2, 0.25) is 0 Å². The van der Waals surface area contributed by atoms with Gasteiger partial charge in [0.2, 0.25) is 0 Å². The van der Waals surface area contributed by atoms with Gasteiger partial charge in [-0.25, -0.2) is 0 Å². The molecule has 348 valence electrons. The zero-order chi connectivity index (χ0) is 42.7. The van der Waals surface area contributed by atoms with Gasteiger partial charge >= 0.3 is 0 Å². The Morgan fingerprint density at radius 3 is 1.11 bits per heavy atom. The summed E-state index contributed by atoms with van der Waals surface area (Å²) in [5.74, 6) is 0. The van der Waals surface area contributed by atoms with Crippen LogP contribution in [0.15, 0.2) is 82.8 Å². The fraction of sp³-hybridized carbons (Fsp3) is 0.690. The van der Waals surface area contributed by atoms with Crippen LogP contribution < -0.4 is 0 Å². The van der Waals surface area contributed by atoms with Crippen LogP contribution >= 0.6 is 0 Å². The van der Waals surface area contributed by atoms with Crippen molar-refractivity contribution in [2.75, 3.05) is 0 Å². The van der Waals surface area contributed by atoms with E-state index in [0.717, 1.165) is 62.0 Å². The summed E-state index contributed by atoms with van der Waals surface area (Å²) in [7, 11) is 0. The molecule has 0 aliphatic rings. The molecule has 0 unspecified atom stereocenters. The van der Waals surface area contributed by atoms with Gasteiger partial charge in [-0.15, -0.1) is 0 Å². The quantitative estimate of drug-likeness (QED) is 0.0275. The minimum Gasteiger partial charge on any atom is -0.255 e. The molecule has 0 saturated heterocycles. The number of aliphatic imine (C=N–C) groups is 2. The average molecular weight is 880 g/mol. The number of hydrogen-bond acceptors (Lipinski definition) is 2. The molecule has 0 spiro atoms. The molecule has 0 heterocycles. The fourth-order valence-electron chi connectivity index (χ4n) is 8.34. The van der Waals surface area contributed by atoms with E-state index in [-0.39, 0.29) is 16.5 Å². The number of nitrogens with zero attached hydrogens (tertiary/aromatic N) is 2. The second-order valence-corrected chi connectivity index (χ2v) is 18.0. The van der Waals surface area contributed by atoms with Crippen LogP contribution in [0.5, 0.6) is 0 Å². The molecular weight excluding hydrogens is 783 g/mol. The number of rotatable bonds is 42. The Labute approximate surface area is 390 Å². The third-order valence-corrected chi connectivity index (χ3v) is 12.3. The molecular formula is C58H96N2Ni. The molecule has 0 N–H and O–H groups in total. The molecule has 0 atom stereocenters. The van der Waals surface area contributed by atoms with E-state index in [4.69, 9.17) is 9.98 Å². The first-order chi connectivity index (χ1) is 29.8. The third kappa shape index (κ3) is 33.9. The first-order valence-corrected chi connectivity index (χ1v) is 26.4. The Hall–Kier alpha value is -2.25. The predicted octanol–water partition coefficient (Wildman–Crippen LogP) is 20.1. The molecule has 0 amide bonds. The maximum absolute atomic E-state index is 5.23. The molecule has 2 aromatic rings. The molecule has 0 aliphatic heterocycles. The Morgan fingerprint density at radius 1 is 0.377 bits per heavy atom. The Bertz CT molecular complexity index is 1360. The number of benzene rings is 2. The summed E-state index contributed by atoms with van der Waals surface area (Å²) in [5.41, 5.74) is 6.00.